The molecular weight excluding hydrogens is 601 g/mol. The maximum atomic E-state index is 3.62. The fraction of sp³-hybridized carbons (Fsp3) is 0. The summed E-state index contributed by atoms with van der Waals surface area (Å²) in [5.74, 6) is 0. The van der Waals surface area contributed by atoms with Crippen molar-refractivity contribution in [1.82, 2.24) is 0 Å². The maximum absolute atomic E-state index is 3.62. The summed E-state index contributed by atoms with van der Waals surface area (Å²) in [5.41, 5.74) is 5.05. The molecule has 4 aromatic rings. The second-order valence-electron chi connectivity index (χ2n) is 5.74. The molecule has 0 nitrogen and oxygen atoms in total. The number of benzene rings is 2. The first-order valence-corrected chi connectivity index (χ1v) is 10.8. The quantitative estimate of drug-likeness (QED) is 0.134. The standard InChI is InChI=1S/C11H9Br2P2.C11H9.Fe.Ni/c12-8-7(6-4-2-1-3-5-6)10(14)11(15)9(8)13;1-2-6-10(7-3-1)11-8-4-5-9-11;;/h1-5H,14-15H2;1-9H;;/q2*-1;+2;. The minimum atomic E-state index is 0. The molecule has 0 saturated heterocycles. The van der Waals surface area contributed by atoms with Crippen LogP contribution < -0.4 is 10.6 Å². The van der Waals surface area contributed by atoms with Gasteiger partial charge in [-0.15, -0.1) is 81.9 Å². The third kappa shape index (κ3) is 6.23. The van der Waals surface area contributed by atoms with E-state index in [0.717, 1.165) is 8.95 Å². The SMILES string of the molecule is Pc1c(Br)c(Br)[c-](-c2ccccc2)c1P.[Fe+2].[Ni].c1ccc(-[c-]2cccc2)cc1. The van der Waals surface area contributed by atoms with Crippen molar-refractivity contribution in [3.63, 3.8) is 0 Å². The van der Waals surface area contributed by atoms with Crippen LogP contribution in [-0.2, 0) is 33.6 Å². The van der Waals surface area contributed by atoms with Gasteiger partial charge in [0.25, 0.3) is 0 Å². The fourth-order valence-electron chi connectivity index (χ4n) is 2.68. The van der Waals surface area contributed by atoms with Gasteiger partial charge in [-0.05, 0) is 4.47 Å². The van der Waals surface area contributed by atoms with Crippen molar-refractivity contribution in [2.75, 3.05) is 0 Å². The second kappa shape index (κ2) is 12.6. The molecule has 2 unspecified atom stereocenters. The van der Waals surface area contributed by atoms with Gasteiger partial charge in [0.05, 0.1) is 0 Å². The second-order valence-corrected chi connectivity index (χ2v) is 8.48. The Morgan fingerprint density at radius 1 is 0.679 bits per heavy atom. The van der Waals surface area contributed by atoms with Crippen LogP contribution in [0.15, 0.2) is 93.9 Å². The van der Waals surface area contributed by atoms with Crippen LogP contribution in [-0.4, -0.2) is 0 Å². The number of hydrogen-bond donors (Lipinski definition) is 0. The largest absolute Gasteiger partial charge is 2.00 e. The summed E-state index contributed by atoms with van der Waals surface area (Å²) < 4.78 is 2.22. The average Bonchev–Trinajstić information content (AvgIpc) is 3.29. The molecule has 6 heteroatoms. The molecule has 0 aromatic heterocycles. The van der Waals surface area contributed by atoms with E-state index in [9.17, 15) is 0 Å². The zero-order chi connectivity index (χ0) is 18.5. The Morgan fingerprint density at radius 3 is 1.57 bits per heavy atom. The molecular formula is C22H18Br2FeNiP2. The van der Waals surface area contributed by atoms with E-state index in [1.807, 2.05) is 12.1 Å². The maximum Gasteiger partial charge on any atom is 2.00 e. The molecule has 4 rings (SSSR count). The van der Waals surface area contributed by atoms with Gasteiger partial charge in [-0.1, -0.05) is 78.5 Å². The van der Waals surface area contributed by atoms with Gasteiger partial charge in [-0.2, -0.15) is 12.1 Å². The van der Waals surface area contributed by atoms with Crippen LogP contribution in [0.25, 0.3) is 22.3 Å². The molecule has 4 aromatic carbocycles. The molecule has 0 aliphatic rings. The van der Waals surface area contributed by atoms with Gasteiger partial charge < -0.3 is 0 Å². The Hall–Kier alpha value is -0.0270. The molecule has 0 saturated carbocycles. The Balaban J connectivity index is 0.000000271. The molecule has 0 amide bonds. The smallest absolute Gasteiger partial charge is 0.152 e. The third-order valence-electron chi connectivity index (χ3n) is 4.04. The fourth-order valence-corrected chi connectivity index (χ4v) is 5.13. The van der Waals surface area contributed by atoms with Crippen LogP contribution in [0.3, 0.4) is 0 Å². The van der Waals surface area contributed by atoms with Gasteiger partial charge in [-0.3, -0.25) is 0 Å². The summed E-state index contributed by atoms with van der Waals surface area (Å²) in [4.78, 5) is 0. The minimum Gasteiger partial charge on any atom is -0.152 e. The van der Waals surface area contributed by atoms with Crippen molar-refractivity contribution in [3.8, 4) is 22.3 Å². The van der Waals surface area contributed by atoms with E-state index in [0.29, 0.717) is 0 Å². The predicted octanol–water partition coefficient (Wildman–Crippen LogP) is 6.67. The number of rotatable bonds is 2. The topological polar surface area (TPSA) is 0 Å². The van der Waals surface area contributed by atoms with Crippen molar-refractivity contribution >= 4 is 60.9 Å². The summed E-state index contributed by atoms with van der Waals surface area (Å²) in [6, 6.07) is 29.1. The summed E-state index contributed by atoms with van der Waals surface area (Å²) in [5, 5.41) is 2.40. The van der Waals surface area contributed by atoms with Crippen LogP contribution >= 0.6 is 50.3 Å². The molecule has 148 valence electrons. The van der Waals surface area contributed by atoms with Gasteiger partial charge >= 0.3 is 17.1 Å². The molecule has 28 heavy (non-hydrogen) atoms. The molecule has 0 bridgehead atoms. The van der Waals surface area contributed by atoms with Crippen molar-refractivity contribution in [1.29, 1.82) is 0 Å². The van der Waals surface area contributed by atoms with Crippen molar-refractivity contribution < 1.29 is 33.6 Å². The molecule has 0 heterocycles. The van der Waals surface area contributed by atoms with Crippen molar-refractivity contribution in [3.05, 3.63) is 93.9 Å². The van der Waals surface area contributed by atoms with E-state index in [4.69, 9.17) is 0 Å². The summed E-state index contributed by atoms with van der Waals surface area (Å²) in [6.45, 7) is 0. The summed E-state index contributed by atoms with van der Waals surface area (Å²) in [7, 11) is 5.54. The van der Waals surface area contributed by atoms with E-state index >= 15 is 0 Å². The zero-order valence-electron chi connectivity index (χ0n) is 14.7. The summed E-state index contributed by atoms with van der Waals surface area (Å²) in [6.07, 6.45) is 0. The van der Waals surface area contributed by atoms with Gasteiger partial charge in [-0.25, -0.2) is 0 Å². The molecule has 0 aliphatic carbocycles. The first-order chi connectivity index (χ1) is 12.6. The third-order valence-corrected chi connectivity index (χ3v) is 8.14. The normalized spacial score (nSPS) is 9.57. The molecule has 0 spiro atoms. The van der Waals surface area contributed by atoms with E-state index in [1.165, 1.54) is 32.9 Å². The Kier molecular flexibility index (Phi) is 11.7. The first kappa shape index (κ1) is 26.0. The molecule has 0 radical (unpaired) electrons. The number of hydrogen-bond acceptors (Lipinski definition) is 0. The summed E-state index contributed by atoms with van der Waals surface area (Å²) >= 11 is 7.18. The molecule has 0 aliphatic heterocycles. The van der Waals surface area contributed by atoms with E-state index in [-0.39, 0.29) is 33.6 Å². The van der Waals surface area contributed by atoms with E-state index in [1.54, 1.807) is 0 Å². The van der Waals surface area contributed by atoms with E-state index < -0.39 is 0 Å². The van der Waals surface area contributed by atoms with Crippen LogP contribution in [0.5, 0.6) is 0 Å². The van der Waals surface area contributed by atoms with Crippen molar-refractivity contribution in [2.24, 2.45) is 0 Å². The first-order valence-electron chi connectivity index (χ1n) is 8.10. The Bertz CT molecular complexity index is 943. The van der Waals surface area contributed by atoms with Gasteiger partial charge in [0.15, 0.2) is 0 Å². The van der Waals surface area contributed by atoms with Crippen LogP contribution in [0.4, 0.5) is 0 Å². The zero-order valence-corrected chi connectivity index (χ0v) is 22.2. The van der Waals surface area contributed by atoms with Gasteiger partial charge in [0, 0.05) is 16.5 Å². The van der Waals surface area contributed by atoms with Gasteiger partial charge in [0.2, 0.25) is 0 Å². The monoisotopic (exact) mass is 616 g/mol. The van der Waals surface area contributed by atoms with E-state index in [2.05, 4.69) is 123 Å². The molecule has 2 atom stereocenters. The Labute approximate surface area is 209 Å². The van der Waals surface area contributed by atoms with Gasteiger partial charge in [0.1, 0.15) is 0 Å². The number of halogens is 2. The minimum absolute atomic E-state index is 0. The molecule has 0 N–H and O–H groups in total. The predicted molar refractivity (Wildman–Crippen MR) is 129 cm³/mol. The Morgan fingerprint density at radius 2 is 1.14 bits per heavy atom. The average molecular weight is 619 g/mol. The molecule has 0 fully saturated rings. The van der Waals surface area contributed by atoms with Crippen molar-refractivity contribution in [2.45, 2.75) is 0 Å². The van der Waals surface area contributed by atoms with Crippen LogP contribution in [0.2, 0.25) is 0 Å². The van der Waals surface area contributed by atoms with Crippen LogP contribution in [0.1, 0.15) is 0 Å². The van der Waals surface area contributed by atoms with Crippen LogP contribution in [0, 0.1) is 0 Å².